The summed E-state index contributed by atoms with van der Waals surface area (Å²) in [4.78, 5) is 18.6. The van der Waals surface area contributed by atoms with Crippen LogP contribution in [0.4, 0.5) is 26.7 Å². The van der Waals surface area contributed by atoms with Crippen LogP contribution >= 0.6 is 11.3 Å². The smallest absolute Gasteiger partial charge is 0.490 e. The molecule has 0 N–H and O–H groups in total. The highest BCUT2D eigenvalue weighted by atomic mass is 32.2. The molecule has 0 aliphatic carbocycles. The van der Waals surface area contributed by atoms with Gasteiger partial charge in [-0.2, -0.15) is 26.7 Å². The molecule has 254 valence electrons. The molecule has 1 aliphatic heterocycles. The number of benzene rings is 1. The Bertz CT molecular complexity index is 1940. The van der Waals surface area contributed by atoms with Crippen LogP contribution in [0.3, 0.4) is 0 Å². The van der Waals surface area contributed by atoms with Crippen molar-refractivity contribution in [3.8, 4) is 34.1 Å². The zero-order valence-electron chi connectivity index (χ0n) is 25.6. The van der Waals surface area contributed by atoms with E-state index in [1.54, 1.807) is 27.7 Å². The molecule has 0 spiro atoms. The summed E-state index contributed by atoms with van der Waals surface area (Å²) in [6.07, 6.45) is -0.586. The van der Waals surface area contributed by atoms with Gasteiger partial charge in [-0.05, 0) is 45.2 Å². The highest BCUT2D eigenvalue weighted by Gasteiger charge is 2.49. The van der Waals surface area contributed by atoms with Crippen LogP contribution in [0, 0.1) is 11.6 Å². The number of aromatic nitrogens is 3. The lowest BCUT2D eigenvalue weighted by Crippen LogP contribution is -2.43. The molecule has 0 radical (unpaired) electrons. The number of alkyl halides is 3. The summed E-state index contributed by atoms with van der Waals surface area (Å²) in [7, 11) is -4.78. The van der Waals surface area contributed by atoms with Crippen molar-refractivity contribution in [2.75, 3.05) is 26.9 Å². The molecule has 3 aromatic heterocycles. The van der Waals surface area contributed by atoms with Gasteiger partial charge in [-0.1, -0.05) is 0 Å². The quantitative estimate of drug-likeness (QED) is 0.0857. The number of thiophene rings is 1. The summed E-state index contributed by atoms with van der Waals surface area (Å²) in [6, 6.07) is 3.80. The molecule has 1 aromatic carbocycles. The fraction of sp³-hybridized carbons (Fsp3) is 0.414. The van der Waals surface area contributed by atoms with Crippen molar-refractivity contribution in [1.82, 2.24) is 19.7 Å². The van der Waals surface area contributed by atoms with E-state index in [-0.39, 0.29) is 64.7 Å². The molecule has 1 aliphatic rings. The Morgan fingerprint density at radius 1 is 1.09 bits per heavy atom. The number of fused-ring (bicyclic) bond motifs is 2. The molecule has 1 amide bonds. The van der Waals surface area contributed by atoms with Gasteiger partial charge in [0, 0.05) is 36.7 Å². The number of ether oxygens (including phenoxy) is 3. The van der Waals surface area contributed by atoms with Gasteiger partial charge in [0.1, 0.15) is 41.0 Å². The van der Waals surface area contributed by atoms with Crippen molar-refractivity contribution in [2.45, 2.75) is 51.4 Å². The lowest BCUT2D eigenvalue weighted by Gasteiger charge is -2.35. The second-order valence-electron chi connectivity index (χ2n) is 11.4. The fourth-order valence-electron chi connectivity index (χ4n) is 4.98. The van der Waals surface area contributed by atoms with Gasteiger partial charge in [-0.25, -0.2) is 18.6 Å². The van der Waals surface area contributed by atoms with Crippen molar-refractivity contribution < 1.29 is 53.6 Å². The Kier molecular flexibility index (Phi) is 9.15. The van der Waals surface area contributed by atoms with Gasteiger partial charge in [-0.3, -0.25) is 9.58 Å². The first-order valence-electron chi connectivity index (χ1n) is 14.0. The first-order chi connectivity index (χ1) is 21.9. The Morgan fingerprint density at radius 3 is 2.47 bits per heavy atom. The molecule has 47 heavy (non-hydrogen) atoms. The van der Waals surface area contributed by atoms with E-state index < -0.39 is 50.9 Å². The molecule has 0 saturated carbocycles. The van der Waals surface area contributed by atoms with Crippen LogP contribution in [0.25, 0.3) is 32.6 Å². The molecule has 11 nitrogen and oxygen atoms in total. The number of carbonyl (C=O) groups excluding carboxylic acids is 1. The van der Waals surface area contributed by atoms with Crippen LogP contribution < -0.4 is 8.92 Å². The molecule has 0 saturated heterocycles. The molecule has 4 heterocycles. The van der Waals surface area contributed by atoms with Crippen LogP contribution in [-0.2, 0) is 26.1 Å². The maximum atomic E-state index is 15.8. The number of halogens is 5. The highest BCUT2D eigenvalue weighted by Crippen LogP contribution is 2.47. The lowest BCUT2D eigenvalue weighted by molar-refractivity contribution is -0.0500. The van der Waals surface area contributed by atoms with Crippen LogP contribution in [0.5, 0.6) is 11.6 Å². The van der Waals surface area contributed by atoms with E-state index in [1.807, 2.05) is 0 Å². The lowest BCUT2D eigenvalue weighted by atomic mass is 9.96. The summed E-state index contributed by atoms with van der Waals surface area (Å²) in [5.74, 6) is -3.28. The molecule has 5 rings (SSSR count). The van der Waals surface area contributed by atoms with Gasteiger partial charge >= 0.3 is 21.7 Å². The van der Waals surface area contributed by atoms with E-state index in [2.05, 4.69) is 14.3 Å². The SMILES string of the molecule is COCCOc1cc(F)cc(F)c1-c1c(-c2cc3n(n2)CCN(C(=O)OC(C)(C)C)[C@@H]3C)nc(OS(=O)(=O)C(F)(F)F)c2sccc12. The van der Waals surface area contributed by atoms with Gasteiger partial charge in [0.2, 0.25) is 0 Å². The number of hydrogen-bond donors (Lipinski definition) is 0. The topological polar surface area (TPSA) is 122 Å². The van der Waals surface area contributed by atoms with Gasteiger partial charge in [-0.15, -0.1) is 11.3 Å². The van der Waals surface area contributed by atoms with Crippen molar-refractivity contribution in [2.24, 2.45) is 0 Å². The minimum Gasteiger partial charge on any atom is -0.490 e. The van der Waals surface area contributed by atoms with Crippen LogP contribution in [0.2, 0.25) is 0 Å². The summed E-state index contributed by atoms with van der Waals surface area (Å²) >= 11 is 0.790. The number of rotatable bonds is 8. The summed E-state index contributed by atoms with van der Waals surface area (Å²) in [5.41, 5.74) is -6.79. The van der Waals surface area contributed by atoms with E-state index in [0.717, 1.165) is 17.4 Å². The summed E-state index contributed by atoms with van der Waals surface area (Å²) in [6.45, 7) is 7.17. The number of amides is 1. The Hall–Kier alpha value is -4.03. The van der Waals surface area contributed by atoms with Gasteiger partial charge < -0.3 is 18.4 Å². The van der Waals surface area contributed by atoms with Crippen molar-refractivity contribution in [1.29, 1.82) is 0 Å². The molecule has 18 heteroatoms. The van der Waals surface area contributed by atoms with Gasteiger partial charge in [0.15, 0.2) is 0 Å². The number of methoxy groups -OCH3 is 1. The zero-order chi connectivity index (χ0) is 34.5. The van der Waals surface area contributed by atoms with Gasteiger partial charge in [0.05, 0.1) is 35.2 Å². The molecule has 0 fully saturated rings. The number of pyridine rings is 1. The molecular weight excluding hydrogens is 675 g/mol. The summed E-state index contributed by atoms with van der Waals surface area (Å²) < 4.78 is 117. The molecule has 0 bridgehead atoms. The Morgan fingerprint density at radius 2 is 1.81 bits per heavy atom. The van der Waals surface area contributed by atoms with Crippen LogP contribution in [0.1, 0.15) is 39.4 Å². The average Bonchev–Trinajstić information content (AvgIpc) is 3.60. The van der Waals surface area contributed by atoms with Crippen LogP contribution in [-0.4, -0.2) is 72.2 Å². The van der Waals surface area contributed by atoms with Crippen molar-refractivity contribution >= 4 is 37.6 Å². The number of carbonyl (C=O) groups is 1. The maximum absolute atomic E-state index is 15.8. The third-order valence-corrected chi connectivity index (χ3v) is 8.84. The fourth-order valence-corrected chi connectivity index (χ4v) is 6.28. The normalized spacial score (nSPS) is 15.5. The van der Waals surface area contributed by atoms with E-state index in [0.29, 0.717) is 11.8 Å². The highest BCUT2D eigenvalue weighted by molar-refractivity contribution is 7.88. The minimum absolute atomic E-state index is 0.0261. The van der Waals surface area contributed by atoms with E-state index in [4.69, 9.17) is 14.2 Å². The minimum atomic E-state index is -6.18. The number of nitrogens with zero attached hydrogens (tertiary/aromatic N) is 4. The molecule has 4 aromatic rings. The van der Waals surface area contributed by atoms with Crippen molar-refractivity contribution in [3.05, 3.63) is 47.0 Å². The standard InChI is InChI=1S/C29H29F5N4O7S2/c1-15-20-14-19(36-38(20)8-7-37(15)27(39)44-28(2,3)4)24-22(23-18(31)12-16(30)13-21(23)43-10-9-42-5)17-6-11-46-25(17)26(35-24)45-47(40,41)29(32,33)34/h6,11-15H,7-10H2,1-5H3/t15-/m1/s1. The Labute approximate surface area is 269 Å². The second-order valence-corrected chi connectivity index (χ2v) is 13.9. The zero-order valence-corrected chi connectivity index (χ0v) is 27.3. The maximum Gasteiger partial charge on any atom is 0.534 e. The molecule has 1 atom stereocenters. The monoisotopic (exact) mass is 704 g/mol. The molecule has 0 unspecified atom stereocenters. The van der Waals surface area contributed by atoms with E-state index >= 15 is 4.39 Å². The first-order valence-corrected chi connectivity index (χ1v) is 16.3. The molecular formula is C29H29F5N4O7S2. The van der Waals surface area contributed by atoms with Crippen molar-refractivity contribution in [3.63, 3.8) is 0 Å². The number of hydrogen-bond acceptors (Lipinski definition) is 10. The van der Waals surface area contributed by atoms with Crippen LogP contribution in [0.15, 0.2) is 29.6 Å². The second kappa shape index (κ2) is 12.5. The largest absolute Gasteiger partial charge is 0.534 e. The van der Waals surface area contributed by atoms with E-state index in [1.165, 1.54) is 34.2 Å². The Balaban J connectivity index is 1.75. The predicted octanol–water partition coefficient (Wildman–Crippen LogP) is 6.67. The third kappa shape index (κ3) is 6.85. The first kappa shape index (κ1) is 34.3. The predicted molar refractivity (Wildman–Crippen MR) is 161 cm³/mol. The van der Waals surface area contributed by atoms with E-state index in [9.17, 15) is 30.8 Å². The van der Waals surface area contributed by atoms with Gasteiger partial charge in [0.25, 0.3) is 5.88 Å². The third-order valence-electron chi connectivity index (χ3n) is 6.99. The summed E-state index contributed by atoms with van der Waals surface area (Å²) in [5, 5.41) is 6.00. The average molecular weight is 705 g/mol.